The summed E-state index contributed by atoms with van der Waals surface area (Å²) in [7, 11) is -2.03. The van der Waals surface area contributed by atoms with Crippen LogP contribution in [0.4, 0.5) is 0 Å². The van der Waals surface area contributed by atoms with Crippen LogP contribution in [0.15, 0.2) is 29.2 Å². The van der Waals surface area contributed by atoms with Crippen molar-refractivity contribution in [2.24, 2.45) is 5.92 Å². The minimum absolute atomic E-state index is 0.0128. The number of sulfonamides is 1. The second-order valence-corrected chi connectivity index (χ2v) is 7.27. The normalized spacial score (nSPS) is 18.3. The third-order valence-electron chi connectivity index (χ3n) is 3.76. The van der Waals surface area contributed by atoms with Gasteiger partial charge in [0, 0.05) is 25.5 Å². The topological polar surface area (TPSA) is 84.5 Å². The summed E-state index contributed by atoms with van der Waals surface area (Å²) in [6, 6.07) is 6.58. The van der Waals surface area contributed by atoms with Crippen LogP contribution in [0.5, 0.6) is 0 Å². The molecule has 1 aromatic carbocycles. The molecule has 122 valence electrons. The maximum Gasteiger partial charge on any atom is 0.240 e. The monoisotopic (exact) mass is 326 g/mol. The molecule has 1 atom stereocenters. The van der Waals surface area contributed by atoms with Gasteiger partial charge in [-0.25, -0.2) is 13.1 Å². The van der Waals surface area contributed by atoms with E-state index in [0.29, 0.717) is 25.3 Å². The Labute approximate surface area is 131 Å². The Morgan fingerprint density at radius 2 is 2.05 bits per heavy atom. The van der Waals surface area contributed by atoms with Gasteiger partial charge < -0.3 is 10.1 Å². The molecule has 2 rings (SSSR count). The second kappa shape index (κ2) is 7.71. The molecule has 1 saturated heterocycles. The summed E-state index contributed by atoms with van der Waals surface area (Å²) in [4.78, 5) is 12.0. The zero-order valence-corrected chi connectivity index (χ0v) is 13.5. The lowest BCUT2D eigenvalue weighted by Crippen LogP contribution is -2.29. The molecule has 0 saturated carbocycles. The molecular weight excluding hydrogens is 304 g/mol. The third kappa shape index (κ3) is 4.79. The first-order chi connectivity index (χ1) is 10.5. The number of amides is 1. The lowest BCUT2D eigenvalue weighted by molar-refractivity contribution is -0.121. The van der Waals surface area contributed by atoms with Crippen molar-refractivity contribution < 1.29 is 17.9 Å². The van der Waals surface area contributed by atoms with Crippen molar-refractivity contribution in [1.82, 2.24) is 10.0 Å². The molecule has 0 spiro atoms. The SMILES string of the molecule is CNS(=O)(=O)c1ccc(CCC(=O)NCC2CCOC2)cc1. The van der Waals surface area contributed by atoms with Crippen LogP contribution in [0.2, 0.25) is 0 Å². The van der Waals surface area contributed by atoms with E-state index in [1.807, 2.05) is 0 Å². The van der Waals surface area contributed by atoms with E-state index in [0.717, 1.165) is 25.2 Å². The Morgan fingerprint density at radius 3 is 2.64 bits per heavy atom. The van der Waals surface area contributed by atoms with Gasteiger partial charge in [-0.1, -0.05) is 12.1 Å². The average molecular weight is 326 g/mol. The fourth-order valence-electron chi connectivity index (χ4n) is 2.30. The first-order valence-electron chi connectivity index (χ1n) is 7.38. The first-order valence-corrected chi connectivity index (χ1v) is 8.86. The fraction of sp³-hybridized carbons (Fsp3) is 0.533. The van der Waals surface area contributed by atoms with Crippen LogP contribution in [-0.4, -0.2) is 41.1 Å². The van der Waals surface area contributed by atoms with Crippen molar-refractivity contribution >= 4 is 15.9 Å². The van der Waals surface area contributed by atoms with Crippen LogP contribution in [0.25, 0.3) is 0 Å². The standard InChI is InChI=1S/C15H22N2O4S/c1-16-22(19,20)14-5-2-12(3-6-14)4-7-15(18)17-10-13-8-9-21-11-13/h2-3,5-6,13,16H,4,7-11H2,1H3,(H,17,18). The highest BCUT2D eigenvalue weighted by atomic mass is 32.2. The third-order valence-corrected chi connectivity index (χ3v) is 5.19. The molecule has 2 N–H and O–H groups in total. The van der Waals surface area contributed by atoms with E-state index in [1.54, 1.807) is 24.3 Å². The van der Waals surface area contributed by atoms with Crippen LogP contribution in [-0.2, 0) is 26.0 Å². The zero-order chi connectivity index (χ0) is 16.0. The summed E-state index contributed by atoms with van der Waals surface area (Å²) in [6.07, 6.45) is 1.99. The summed E-state index contributed by atoms with van der Waals surface area (Å²) < 4.78 is 30.7. The number of nitrogens with one attached hydrogen (secondary N) is 2. The van der Waals surface area contributed by atoms with Crippen LogP contribution >= 0.6 is 0 Å². The lowest BCUT2D eigenvalue weighted by Gasteiger charge is -2.09. The van der Waals surface area contributed by atoms with Gasteiger partial charge in [0.1, 0.15) is 0 Å². The Balaban J connectivity index is 1.77. The molecule has 6 nitrogen and oxygen atoms in total. The zero-order valence-electron chi connectivity index (χ0n) is 12.7. The van der Waals surface area contributed by atoms with E-state index in [-0.39, 0.29) is 10.8 Å². The van der Waals surface area contributed by atoms with Crippen molar-refractivity contribution in [2.75, 3.05) is 26.8 Å². The predicted octanol–water partition coefficient (Wildman–Crippen LogP) is 0.680. The Bertz CT molecular complexity index is 592. The summed E-state index contributed by atoms with van der Waals surface area (Å²) in [6.45, 7) is 2.17. The van der Waals surface area contributed by atoms with Crippen LogP contribution in [0, 0.1) is 5.92 Å². The molecule has 0 bridgehead atoms. The van der Waals surface area contributed by atoms with Gasteiger partial charge in [-0.3, -0.25) is 4.79 Å². The minimum atomic E-state index is -3.41. The van der Waals surface area contributed by atoms with Crippen LogP contribution in [0.3, 0.4) is 0 Å². The van der Waals surface area contributed by atoms with Crippen molar-refractivity contribution in [3.05, 3.63) is 29.8 Å². The highest BCUT2D eigenvalue weighted by molar-refractivity contribution is 7.89. The summed E-state index contributed by atoms with van der Waals surface area (Å²) in [5, 5.41) is 2.91. The molecule has 7 heteroatoms. The predicted molar refractivity (Wildman–Crippen MR) is 82.9 cm³/mol. The largest absolute Gasteiger partial charge is 0.381 e. The van der Waals surface area contributed by atoms with Crippen molar-refractivity contribution in [3.63, 3.8) is 0 Å². The molecule has 22 heavy (non-hydrogen) atoms. The van der Waals surface area contributed by atoms with E-state index in [9.17, 15) is 13.2 Å². The van der Waals surface area contributed by atoms with Gasteiger partial charge >= 0.3 is 0 Å². The number of hydrogen-bond acceptors (Lipinski definition) is 4. The number of aryl methyl sites for hydroxylation is 1. The van der Waals surface area contributed by atoms with E-state index in [4.69, 9.17) is 4.74 Å². The van der Waals surface area contributed by atoms with E-state index in [2.05, 4.69) is 10.0 Å². The highest BCUT2D eigenvalue weighted by Crippen LogP contribution is 2.12. The molecule has 1 unspecified atom stereocenters. The van der Waals surface area contributed by atoms with Gasteiger partial charge in [0.2, 0.25) is 15.9 Å². The lowest BCUT2D eigenvalue weighted by atomic mass is 10.1. The number of benzene rings is 1. The molecule has 0 aliphatic carbocycles. The summed E-state index contributed by atoms with van der Waals surface area (Å²) in [5.74, 6) is 0.439. The number of carbonyl (C=O) groups is 1. The van der Waals surface area contributed by atoms with E-state index >= 15 is 0 Å². The Hall–Kier alpha value is -1.44. The highest BCUT2D eigenvalue weighted by Gasteiger charge is 2.16. The van der Waals surface area contributed by atoms with Crippen molar-refractivity contribution in [1.29, 1.82) is 0 Å². The Morgan fingerprint density at radius 1 is 1.32 bits per heavy atom. The number of hydrogen-bond donors (Lipinski definition) is 2. The summed E-state index contributed by atoms with van der Waals surface area (Å²) in [5.41, 5.74) is 0.939. The quantitative estimate of drug-likeness (QED) is 0.772. The molecule has 1 heterocycles. The van der Waals surface area contributed by atoms with Gasteiger partial charge in [-0.15, -0.1) is 0 Å². The summed E-state index contributed by atoms with van der Waals surface area (Å²) >= 11 is 0. The van der Waals surface area contributed by atoms with Gasteiger partial charge in [-0.05, 0) is 37.6 Å². The minimum Gasteiger partial charge on any atom is -0.381 e. The fourth-order valence-corrected chi connectivity index (χ4v) is 3.03. The number of ether oxygens (including phenoxy) is 1. The molecule has 1 aliphatic rings. The smallest absolute Gasteiger partial charge is 0.240 e. The van der Waals surface area contributed by atoms with Crippen molar-refractivity contribution in [3.8, 4) is 0 Å². The first kappa shape index (κ1) is 16.9. The average Bonchev–Trinajstić information content (AvgIpc) is 3.05. The molecule has 1 fully saturated rings. The molecule has 1 aliphatic heterocycles. The molecule has 0 radical (unpaired) electrons. The van der Waals surface area contributed by atoms with Gasteiger partial charge in [-0.2, -0.15) is 0 Å². The van der Waals surface area contributed by atoms with Crippen LogP contribution in [0.1, 0.15) is 18.4 Å². The maximum atomic E-state index is 11.8. The molecular formula is C15H22N2O4S. The molecule has 1 aromatic rings. The molecule has 0 aromatic heterocycles. The maximum absolute atomic E-state index is 11.8. The molecule has 1 amide bonds. The van der Waals surface area contributed by atoms with E-state index in [1.165, 1.54) is 7.05 Å². The van der Waals surface area contributed by atoms with Gasteiger partial charge in [0.05, 0.1) is 11.5 Å². The Kier molecular flexibility index (Phi) is 5.93. The number of carbonyl (C=O) groups excluding carboxylic acids is 1. The van der Waals surface area contributed by atoms with Crippen molar-refractivity contribution in [2.45, 2.75) is 24.2 Å². The number of rotatable bonds is 7. The van der Waals surface area contributed by atoms with Gasteiger partial charge in [0.15, 0.2) is 0 Å². The van der Waals surface area contributed by atoms with Crippen LogP contribution < -0.4 is 10.0 Å². The second-order valence-electron chi connectivity index (χ2n) is 5.39. The van der Waals surface area contributed by atoms with Gasteiger partial charge in [0.25, 0.3) is 0 Å². The van der Waals surface area contributed by atoms with E-state index < -0.39 is 10.0 Å².